The molecule has 2 N–H and O–H groups in total. The van der Waals surface area contributed by atoms with Gasteiger partial charge in [0, 0.05) is 6.07 Å². The lowest BCUT2D eigenvalue weighted by Crippen LogP contribution is -2.14. The minimum Gasteiger partial charge on any atom is -0.322 e. The summed E-state index contributed by atoms with van der Waals surface area (Å²) in [5.74, 6) is 0.670. The number of rotatable bonds is 3. The summed E-state index contributed by atoms with van der Waals surface area (Å²) in [6.07, 6.45) is -0.300. The summed E-state index contributed by atoms with van der Waals surface area (Å²) in [6.45, 7) is 1.72. The number of nitrogens with zero attached hydrogens (tertiary/aromatic N) is 5. The Bertz CT molecular complexity index is 510. The van der Waals surface area contributed by atoms with Crippen molar-refractivity contribution >= 4 is 0 Å². The minimum absolute atomic E-state index is 0.222. The van der Waals surface area contributed by atoms with E-state index in [2.05, 4.69) is 20.1 Å². The predicted molar refractivity (Wildman–Crippen MR) is 54.5 cm³/mol. The average Bonchev–Trinajstić information content (AvgIpc) is 2.78. The SMILES string of the molecule is C[C@H](N)c1ncnn1-c1cc(C(F)F)ncn1. The van der Waals surface area contributed by atoms with Gasteiger partial charge in [-0.25, -0.2) is 23.7 Å². The number of hydrogen-bond donors (Lipinski definition) is 1. The molecule has 0 fully saturated rings. The van der Waals surface area contributed by atoms with E-state index in [1.54, 1.807) is 6.92 Å². The van der Waals surface area contributed by atoms with Crippen molar-refractivity contribution in [1.29, 1.82) is 0 Å². The first-order valence-corrected chi connectivity index (χ1v) is 4.85. The zero-order chi connectivity index (χ0) is 12.4. The van der Waals surface area contributed by atoms with Crippen molar-refractivity contribution < 1.29 is 8.78 Å². The Kier molecular flexibility index (Phi) is 3.05. The molecule has 2 aromatic heterocycles. The smallest absolute Gasteiger partial charge is 0.280 e. The first-order chi connectivity index (χ1) is 8.09. The largest absolute Gasteiger partial charge is 0.322 e. The third-order valence-electron chi connectivity index (χ3n) is 2.10. The molecule has 17 heavy (non-hydrogen) atoms. The van der Waals surface area contributed by atoms with Gasteiger partial charge in [-0.1, -0.05) is 0 Å². The molecule has 0 spiro atoms. The summed E-state index contributed by atoms with van der Waals surface area (Å²) in [7, 11) is 0. The van der Waals surface area contributed by atoms with E-state index in [-0.39, 0.29) is 17.6 Å². The van der Waals surface area contributed by atoms with Crippen LogP contribution in [0.25, 0.3) is 5.82 Å². The molecule has 0 amide bonds. The van der Waals surface area contributed by atoms with Crippen LogP contribution in [0, 0.1) is 0 Å². The molecule has 0 unspecified atom stereocenters. The van der Waals surface area contributed by atoms with Crippen molar-refractivity contribution in [2.24, 2.45) is 5.73 Å². The van der Waals surface area contributed by atoms with Gasteiger partial charge in [-0.2, -0.15) is 9.78 Å². The molecule has 90 valence electrons. The predicted octanol–water partition coefficient (Wildman–Crippen LogP) is 1.01. The van der Waals surface area contributed by atoms with Gasteiger partial charge in [0.15, 0.2) is 11.6 Å². The normalized spacial score (nSPS) is 13.0. The molecule has 0 aliphatic heterocycles. The Balaban J connectivity index is 2.46. The highest BCUT2D eigenvalue weighted by atomic mass is 19.3. The van der Waals surface area contributed by atoms with Crippen LogP contribution in [0.15, 0.2) is 18.7 Å². The molecule has 0 saturated heterocycles. The van der Waals surface area contributed by atoms with Gasteiger partial charge in [-0.15, -0.1) is 0 Å². The standard InChI is InChI=1S/C9H10F2N6/c1-5(12)9-15-4-16-17(9)7-2-6(8(10)11)13-3-14-7/h2-5,8H,12H2,1H3/t5-/m0/s1. The molecule has 6 nitrogen and oxygen atoms in total. The molecule has 0 bridgehead atoms. The van der Waals surface area contributed by atoms with Crippen LogP contribution < -0.4 is 5.73 Å². The average molecular weight is 240 g/mol. The fourth-order valence-electron chi connectivity index (χ4n) is 1.33. The fraction of sp³-hybridized carbons (Fsp3) is 0.333. The topological polar surface area (TPSA) is 82.5 Å². The molecule has 0 aliphatic rings. The summed E-state index contributed by atoms with van der Waals surface area (Å²) < 4.78 is 26.3. The van der Waals surface area contributed by atoms with Crippen LogP contribution in [0.4, 0.5) is 8.78 Å². The Labute approximate surface area is 95.5 Å². The van der Waals surface area contributed by atoms with Gasteiger partial charge in [0.25, 0.3) is 6.43 Å². The first kappa shape index (κ1) is 11.5. The van der Waals surface area contributed by atoms with Crippen LogP contribution in [0.2, 0.25) is 0 Å². The van der Waals surface area contributed by atoms with Crippen LogP contribution in [-0.2, 0) is 0 Å². The van der Waals surface area contributed by atoms with E-state index in [0.717, 1.165) is 12.4 Å². The fourth-order valence-corrected chi connectivity index (χ4v) is 1.33. The van der Waals surface area contributed by atoms with E-state index < -0.39 is 6.43 Å². The highest BCUT2D eigenvalue weighted by Crippen LogP contribution is 2.18. The Morgan fingerprint density at radius 2 is 2.00 bits per heavy atom. The molecule has 8 heteroatoms. The maximum atomic E-state index is 12.5. The Morgan fingerprint density at radius 1 is 1.24 bits per heavy atom. The summed E-state index contributed by atoms with van der Waals surface area (Å²) in [4.78, 5) is 11.3. The Morgan fingerprint density at radius 3 is 2.65 bits per heavy atom. The minimum atomic E-state index is -2.65. The maximum absolute atomic E-state index is 12.5. The van der Waals surface area contributed by atoms with Crippen LogP contribution in [0.1, 0.15) is 30.9 Å². The zero-order valence-corrected chi connectivity index (χ0v) is 8.96. The molecular weight excluding hydrogens is 230 g/mol. The molecule has 0 radical (unpaired) electrons. The molecule has 0 saturated carbocycles. The van der Waals surface area contributed by atoms with Crippen LogP contribution in [-0.4, -0.2) is 24.7 Å². The van der Waals surface area contributed by atoms with E-state index in [1.165, 1.54) is 11.0 Å². The third kappa shape index (κ3) is 2.26. The summed E-state index contributed by atoms with van der Waals surface area (Å²) >= 11 is 0. The summed E-state index contributed by atoms with van der Waals surface area (Å²) in [6, 6.07) is 0.785. The van der Waals surface area contributed by atoms with Crippen molar-refractivity contribution in [3.63, 3.8) is 0 Å². The quantitative estimate of drug-likeness (QED) is 0.865. The summed E-state index contributed by atoms with van der Waals surface area (Å²) in [5, 5.41) is 3.90. The molecule has 0 aromatic carbocycles. The van der Waals surface area contributed by atoms with Crippen molar-refractivity contribution in [2.75, 3.05) is 0 Å². The van der Waals surface area contributed by atoms with Gasteiger partial charge in [0.05, 0.1) is 6.04 Å². The number of alkyl halides is 2. The maximum Gasteiger partial charge on any atom is 0.280 e. The van der Waals surface area contributed by atoms with Crippen LogP contribution in [0.3, 0.4) is 0 Å². The van der Waals surface area contributed by atoms with Gasteiger partial charge in [0.2, 0.25) is 0 Å². The lowest BCUT2D eigenvalue weighted by Gasteiger charge is -2.08. The summed E-state index contributed by atoms with van der Waals surface area (Å²) in [5.41, 5.74) is 5.32. The van der Waals surface area contributed by atoms with E-state index in [4.69, 9.17) is 5.73 Å². The molecule has 2 rings (SSSR count). The second-order valence-electron chi connectivity index (χ2n) is 3.42. The molecule has 0 aliphatic carbocycles. The monoisotopic (exact) mass is 240 g/mol. The van der Waals surface area contributed by atoms with E-state index in [1.807, 2.05) is 0 Å². The van der Waals surface area contributed by atoms with Crippen molar-refractivity contribution in [3.8, 4) is 5.82 Å². The molecular formula is C9H10F2N6. The lowest BCUT2D eigenvalue weighted by atomic mass is 10.3. The van der Waals surface area contributed by atoms with Crippen molar-refractivity contribution in [2.45, 2.75) is 19.4 Å². The molecule has 2 heterocycles. The second kappa shape index (κ2) is 4.50. The lowest BCUT2D eigenvalue weighted by molar-refractivity contribution is 0.146. The van der Waals surface area contributed by atoms with Crippen LogP contribution in [0.5, 0.6) is 0 Å². The van der Waals surface area contributed by atoms with Gasteiger partial charge in [-0.3, -0.25) is 0 Å². The van der Waals surface area contributed by atoms with Gasteiger partial charge in [0.1, 0.15) is 18.3 Å². The molecule has 1 atom stereocenters. The second-order valence-corrected chi connectivity index (χ2v) is 3.42. The van der Waals surface area contributed by atoms with Crippen LogP contribution >= 0.6 is 0 Å². The zero-order valence-electron chi connectivity index (χ0n) is 8.96. The number of aromatic nitrogens is 5. The number of halogens is 2. The number of hydrogen-bond acceptors (Lipinski definition) is 5. The van der Waals surface area contributed by atoms with E-state index in [0.29, 0.717) is 5.82 Å². The van der Waals surface area contributed by atoms with Gasteiger partial charge in [-0.05, 0) is 6.92 Å². The Hall–Kier alpha value is -1.96. The van der Waals surface area contributed by atoms with E-state index in [9.17, 15) is 8.78 Å². The van der Waals surface area contributed by atoms with Gasteiger partial charge < -0.3 is 5.73 Å². The highest BCUT2D eigenvalue weighted by molar-refractivity contribution is 5.24. The van der Waals surface area contributed by atoms with Crippen molar-refractivity contribution in [1.82, 2.24) is 24.7 Å². The number of nitrogens with two attached hydrogens (primary N) is 1. The first-order valence-electron chi connectivity index (χ1n) is 4.85. The third-order valence-corrected chi connectivity index (χ3v) is 2.10. The van der Waals surface area contributed by atoms with Crippen molar-refractivity contribution in [3.05, 3.63) is 30.2 Å². The highest BCUT2D eigenvalue weighted by Gasteiger charge is 2.15. The van der Waals surface area contributed by atoms with E-state index >= 15 is 0 Å². The van der Waals surface area contributed by atoms with Gasteiger partial charge >= 0.3 is 0 Å². The molecule has 2 aromatic rings.